The third-order valence-electron chi connectivity index (χ3n) is 3.75. The number of anilines is 1. The fourth-order valence-electron chi connectivity index (χ4n) is 2.53. The van der Waals surface area contributed by atoms with E-state index in [2.05, 4.69) is 10.3 Å². The summed E-state index contributed by atoms with van der Waals surface area (Å²) in [6, 6.07) is 5.98. The van der Waals surface area contributed by atoms with E-state index in [1.165, 1.54) is 23.5 Å². The standard InChI is InChI=1S/C15H15FN2O3S2/c1-9-13(10-2-4-12(16)5-3-10)17-15(22-9)18-14(19)11-6-7-23(20,21)8-11/h2-5,11H,6-8H2,1H3,(H,17,18,19)/t11-/m0/s1. The van der Waals surface area contributed by atoms with Crippen LogP contribution >= 0.6 is 11.3 Å². The van der Waals surface area contributed by atoms with E-state index in [1.54, 1.807) is 12.1 Å². The Morgan fingerprint density at radius 1 is 1.35 bits per heavy atom. The van der Waals surface area contributed by atoms with Crippen LogP contribution in [0.4, 0.5) is 9.52 Å². The number of hydrogen-bond acceptors (Lipinski definition) is 5. The highest BCUT2D eigenvalue weighted by Gasteiger charge is 2.33. The van der Waals surface area contributed by atoms with Crippen LogP contribution in [0, 0.1) is 18.7 Å². The van der Waals surface area contributed by atoms with Gasteiger partial charge in [0, 0.05) is 10.4 Å². The number of benzene rings is 1. The summed E-state index contributed by atoms with van der Waals surface area (Å²) in [4.78, 5) is 17.4. The number of aryl methyl sites for hydroxylation is 1. The van der Waals surface area contributed by atoms with Crippen molar-refractivity contribution in [2.45, 2.75) is 13.3 Å². The van der Waals surface area contributed by atoms with Gasteiger partial charge in [0.1, 0.15) is 5.82 Å². The lowest BCUT2D eigenvalue weighted by Gasteiger charge is -2.06. The number of carbonyl (C=O) groups is 1. The second-order valence-corrected chi connectivity index (χ2v) is 8.95. The lowest BCUT2D eigenvalue weighted by molar-refractivity contribution is -0.119. The zero-order valence-corrected chi connectivity index (χ0v) is 14.0. The predicted octanol–water partition coefficient (Wildman–Crippen LogP) is 2.63. The molecular weight excluding hydrogens is 339 g/mol. The highest BCUT2D eigenvalue weighted by molar-refractivity contribution is 7.91. The Kier molecular flexibility index (Phi) is 4.20. The first-order valence-electron chi connectivity index (χ1n) is 7.09. The van der Waals surface area contributed by atoms with Crippen LogP contribution in [0.2, 0.25) is 0 Å². The predicted molar refractivity (Wildman–Crippen MR) is 87.6 cm³/mol. The molecule has 1 aliphatic heterocycles. The summed E-state index contributed by atoms with van der Waals surface area (Å²) >= 11 is 1.31. The molecule has 8 heteroatoms. The molecule has 1 atom stereocenters. The van der Waals surface area contributed by atoms with Crippen molar-refractivity contribution in [3.05, 3.63) is 35.0 Å². The second kappa shape index (κ2) is 6.01. The van der Waals surface area contributed by atoms with Crippen molar-refractivity contribution in [2.75, 3.05) is 16.8 Å². The van der Waals surface area contributed by atoms with Gasteiger partial charge in [-0.3, -0.25) is 4.79 Å². The molecule has 0 saturated carbocycles. The summed E-state index contributed by atoms with van der Waals surface area (Å²) in [5.74, 6) is -1.20. The number of amides is 1. The van der Waals surface area contributed by atoms with Crippen LogP contribution in [-0.2, 0) is 14.6 Å². The van der Waals surface area contributed by atoms with E-state index in [4.69, 9.17) is 0 Å². The van der Waals surface area contributed by atoms with Crippen LogP contribution in [0.15, 0.2) is 24.3 Å². The Hall–Kier alpha value is -1.80. The van der Waals surface area contributed by atoms with Gasteiger partial charge in [0.2, 0.25) is 5.91 Å². The van der Waals surface area contributed by atoms with Gasteiger partial charge < -0.3 is 5.32 Å². The average molecular weight is 354 g/mol. The largest absolute Gasteiger partial charge is 0.302 e. The Morgan fingerprint density at radius 3 is 2.65 bits per heavy atom. The van der Waals surface area contributed by atoms with Gasteiger partial charge in [0.05, 0.1) is 23.1 Å². The molecular formula is C15H15FN2O3S2. The van der Waals surface area contributed by atoms with Crippen LogP contribution < -0.4 is 5.32 Å². The van der Waals surface area contributed by atoms with Gasteiger partial charge in [0.25, 0.3) is 0 Å². The molecule has 3 rings (SSSR count). The van der Waals surface area contributed by atoms with Crippen molar-refractivity contribution < 1.29 is 17.6 Å². The number of nitrogens with zero attached hydrogens (tertiary/aromatic N) is 1. The Morgan fingerprint density at radius 2 is 2.04 bits per heavy atom. The molecule has 1 aromatic carbocycles. The molecule has 0 unspecified atom stereocenters. The number of nitrogens with one attached hydrogen (secondary N) is 1. The molecule has 0 spiro atoms. The van der Waals surface area contributed by atoms with Gasteiger partial charge in [-0.05, 0) is 37.6 Å². The molecule has 23 heavy (non-hydrogen) atoms. The molecule has 0 aliphatic carbocycles. The number of sulfone groups is 1. The number of hydrogen-bond donors (Lipinski definition) is 1. The first-order chi connectivity index (χ1) is 10.8. The van der Waals surface area contributed by atoms with Gasteiger partial charge in [-0.25, -0.2) is 17.8 Å². The lowest BCUT2D eigenvalue weighted by atomic mass is 10.1. The zero-order chi connectivity index (χ0) is 16.6. The van der Waals surface area contributed by atoms with E-state index >= 15 is 0 Å². The highest BCUT2D eigenvalue weighted by Crippen LogP contribution is 2.31. The first-order valence-corrected chi connectivity index (χ1v) is 9.72. The average Bonchev–Trinajstić information content (AvgIpc) is 3.02. The lowest BCUT2D eigenvalue weighted by Crippen LogP contribution is -2.23. The molecule has 122 valence electrons. The Bertz CT molecular complexity index is 844. The molecule has 0 bridgehead atoms. The van der Waals surface area contributed by atoms with Gasteiger partial charge in [0.15, 0.2) is 15.0 Å². The fraction of sp³-hybridized carbons (Fsp3) is 0.333. The third kappa shape index (κ3) is 3.59. The van der Waals surface area contributed by atoms with Gasteiger partial charge in [-0.2, -0.15) is 0 Å². The molecule has 1 aliphatic rings. The summed E-state index contributed by atoms with van der Waals surface area (Å²) in [6.45, 7) is 1.87. The maximum atomic E-state index is 13.0. The van der Waals surface area contributed by atoms with E-state index in [-0.39, 0.29) is 23.2 Å². The minimum Gasteiger partial charge on any atom is -0.302 e. The summed E-state index contributed by atoms with van der Waals surface area (Å²) in [5, 5.41) is 3.12. The number of thiazole rings is 1. The smallest absolute Gasteiger partial charge is 0.230 e. The molecule has 5 nitrogen and oxygen atoms in total. The monoisotopic (exact) mass is 354 g/mol. The second-order valence-electron chi connectivity index (χ2n) is 5.52. The van der Waals surface area contributed by atoms with Crippen molar-refractivity contribution in [2.24, 2.45) is 5.92 Å². The number of carbonyl (C=O) groups excluding carboxylic acids is 1. The molecule has 2 heterocycles. The molecule has 2 aromatic rings. The van der Waals surface area contributed by atoms with Crippen molar-refractivity contribution in [3.8, 4) is 11.3 Å². The maximum Gasteiger partial charge on any atom is 0.230 e. The van der Waals surface area contributed by atoms with Crippen LogP contribution in [-0.4, -0.2) is 30.8 Å². The SMILES string of the molecule is Cc1sc(NC(=O)[C@H]2CCS(=O)(=O)C2)nc1-c1ccc(F)cc1. The van der Waals surface area contributed by atoms with Gasteiger partial charge in [-0.15, -0.1) is 11.3 Å². The Labute approximate surface area is 137 Å². The molecule has 1 N–H and O–H groups in total. The molecule has 1 aromatic heterocycles. The van der Waals surface area contributed by atoms with E-state index < -0.39 is 15.8 Å². The molecule has 1 saturated heterocycles. The quantitative estimate of drug-likeness (QED) is 0.919. The number of aromatic nitrogens is 1. The molecule has 1 amide bonds. The summed E-state index contributed by atoms with van der Waals surface area (Å²) in [6.07, 6.45) is 0.351. The third-order valence-corrected chi connectivity index (χ3v) is 6.40. The van der Waals surface area contributed by atoms with Gasteiger partial charge in [-0.1, -0.05) is 0 Å². The number of rotatable bonds is 3. The first kappa shape index (κ1) is 16.1. The topological polar surface area (TPSA) is 76.1 Å². The minimum atomic E-state index is -3.10. The summed E-state index contributed by atoms with van der Waals surface area (Å²) in [5.41, 5.74) is 1.45. The highest BCUT2D eigenvalue weighted by atomic mass is 32.2. The van der Waals surface area contributed by atoms with Crippen molar-refractivity contribution in [1.82, 2.24) is 4.98 Å². The van der Waals surface area contributed by atoms with Gasteiger partial charge >= 0.3 is 0 Å². The summed E-state index contributed by atoms with van der Waals surface area (Å²) < 4.78 is 35.9. The van der Waals surface area contributed by atoms with Crippen LogP contribution in [0.1, 0.15) is 11.3 Å². The number of halogens is 1. The van der Waals surface area contributed by atoms with E-state index in [1.807, 2.05) is 6.92 Å². The minimum absolute atomic E-state index is 0.0583. The van der Waals surface area contributed by atoms with Crippen molar-refractivity contribution in [3.63, 3.8) is 0 Å². The van der Waals surface area contributed by atoms with Crippen molar-refractivity contribution in [1.29, 1.82) is 0 Å². The van der Waals surface area contributed by atoms with E-state index in [0.29, 0.717) is 17.2 Å². The zero-order valence-electron chi connectivity index (χ0n) is 12.4. The van der Waals surface area contributed by atoms with Crippen LogP contribution in [0.25, 0.3) is 11.3 Å². The maximum absolute atomic E-state index is 13.0. The van der Waals surface area contributed by atoms with Crippen LogP contribution in [0.3, 0.4) is 0 Å². The Balaban J connectivity index is 1.76. The van der Waals surface area contributed by atoms with Crippen LogP contribution in [0.5, 0.6) is 0 Å². The van der Waals surface area contributed by atoms with Crippen molar-refractivity contribution >= 4 is 32.2 Å². The molecule has 0 radical (unpaired) electrons. The fourth-order valence-corrected chi connectivity index (χ4v) is 5.11. The van der Waals surface area contributed by atoms with E-state index in [0.717, 1.165) is 10.4 Å². The summed E-state index contributed by atoms with van der Waals surface area (Å²) in [7, 11) is -3.10. The normalized spacial score (nSPS) is 19.7. The van der Waals surface area contributed by atoms with E-state index in [9.17, 15) is 17.6 Å². The molecule has 1 fully saturated rings.